The highest BCUT2D eigenvalue weighted by Crippen LogP contribution is 2.19. The van der Waals surface area contributed by atoms with E-state index < -0.39 is 0 Å². The Labute approximate surface area is 107 Å². The second-order valence-corrected chi connectivity index (χ2v) is 4.67. The predicted molar refractivity (Wildman–Crippen MR) is 70.4 cm³/mol. The molecule has 1 heterocycles. The van der Waals surface area contributed by atoms with Crippen LogP contribution >= 0.6 is 0 Å². The molecule has 4 nitrogen and oxygen atoms in total. The van der Waals surface area contributed by atoms with Gasteiger partial charge in [-0.15, -0.1) is 0 Å². The van der Waals surface area contributed by atoms with Crippen molar-refractivity contribution in [3.63, 3.8) is 0 Å². The molecule has 1 unspecified atom stereocenters. The van der Waals surface area contributed by atoms with Crippen LogP contribution in [0.5, 0.6) is 0 Å². The van der Waals surface area contributed by atoms with Gasteiger partial charge >= 0.3 is 0 Å². The van der Waals surface area contributed by atoms with E-state index in [0.717, 1.165) is 17.7 Å². The number of hydrogen-bond donors (Lipinski definition) is 1. The number of aryl methyl sites for hydroxylation is 1. The molecule has 1 aromatic carbocycles. The second kappa shape index (κ2) is 5.21. The van der Waals surface area contributed by atoms with Crippen molar-refractivity contribution in [2.75, 3.05) is 11.4 Å². The van der Waals surface area contributed by atoms with Crippen LogP contribution in [-0.2, 0) is 9.59 Å². The maximum absolute atomic E-state index is 12.3. The molecular weight excluding hydrogens is 228 g/mol. The molecule has 2 amide bonds. The largest absolute Gasteiger partial charge is 0.343 e. The quantitative estimate of drug-likeness (QED) is 0.881. The molecule has 1 atom stereocenters. The van der Waals surface area contributed by atoms with Crippen molar-refractivity contribution in [2.24, 2.45) is 0 Å². The number of piperazine rings is 1. The van der Waals surface area contributed by atoms with Crippen molar-refractivity contribution in [3.8, 4) is 0 Å². The summed E-state index contributed by atoms with van der Waals surface area (Å²) in [5.41, 5.74) is 1.88. The smallest absolute Gasteiger partial charge is 0.250 e. The van der Waals surface area contributed by atoms with Gasteiger partial charge in [-0.05, 0) is 31.0 Å². The van der Waals surface area contributed by atoms with Gasteiger partial charge in [-0.25, -0.2) is 0 Å². The van der Waals surface area contributed by atoms with E-state index in [4.69, 9.17) is 0 Å². The van der Waals surface area contributed by atoms with Crippen LogP contribution in [-0.4, -0.2) is 24.4 Å². The van der Waals surface area contributed by atoms with Gasteiger partial charge in [0.15, 0.2) is 0 Å². The zero-order valence-corrected chi connectivity index (χ0v) is 10.8. The predicted octanol–water partition coefficient (Wildman–Crippen LogP) is 1.63. The first-order chi connectivity index (χ1) is 8.61. The highest BCUT2D eigenvalue weighted by molar-refractivity contribution is 6.06. The highest BCUT2D eigenvalue weighted by atomic mass is 16.2. The summed E-state index contributed by atoms with van der Waals surface area (Å²) < 4.78 is 0. The van der Waals surface area contributed by atoms with Crippen LogP contribution in [0.2, 0.25) is 0 Å². The number of rotatable bonds is 3. The Hall–Kier alpha value is -1.84. The van der Waals surface area contributed by atoms with Crippen molar-refractivity contribution in [1.29, 1.82) is 0 Å². The van der Waals surface area contributed by atoms with E-state index in [-0.39, 0.29) is 24.4 Å². The van der Waals surface area contributed by atoms with Crippen molar-refractivity contribution < 1.29 is 9.59 Å². The third-order valence-corrected chi connectivity index (χ3v) is 3.09. The average Bonchev–Trinajstić information content (AvgIpc) is 2.33. The summed E-state index contributed by atoms with van der Waals surface area (Å²) in [5.74, 6) is -0.100. The van der Waals surface area contributed by atoms with Crippen LogP contribution < -0.4 is 10.2 Å². The Kier molecular flexibility index (Phi) is 3.65. The Morgan fingerprint density at radius 2 is 2.17 bits per heavy atom. The fourth-order valence-corrected chi connectivity index (χ4v) is 2.21. The lowest BCUT2D eigenvalue weighted by Crippen LogP contribution is -2.58. The van der Waals surface area contributed by atoms with Crippen LogP contribution in [0, 0.1) is 6.92 Å². The van der Waals surface area contributed by atoms with Crippen molar-refractivity contribution in [2.45, 2.75) is 32.7 Å². The molecular formula is C14H18N2O2. The van der Waals surface area contributed by atoms with E-state index >= 15 is 0 Å². The Morgan fingerprint density at radius 1 is 1.39 bits per heavy atom. The monoisotopic (exact) mass is 246 g/mol. The van der Waals surface area contributed by atoms with Gasteiger partial charge < -0.3 is 10.2 Å². The van der Waals surface area contributed by atoms with E-state index in [2.05, 4.69) is 5.32 Å². The Morgan fingerprint density at radius 3 is 2.83 bits per heavy atom. The van der Waals surface area contributed by atoms with Gasteiger partial charge in [-0.2, -0.15) is 0 Å². The Bertz CT molecular complexity index is 471. The fourth-order valence-electron chi connectivity index (χ4n) is 2.21. The molecule has 1 aliphatic heterocycles. The van der Waals surface area contributed by atoms with Gasteiger partial charge in [0, 0.05) is 5.69 Å². The molecule has 2 rings (SSSR count). The van der Waals surface area contributed by atoms with Crippen LogP contribution in [0.4, 0.5) is 5.69 Å². The van der Waals surface area contributed by atoms with Crippen molar-refractivity contribution in [1.82, 2.24) is 5.32 Å². The maximum atomic E-state index is 12.3. The van der Waals surface area contributed by atoms with Crippen LogP contribution in [0.15, 0.2) is 24.3 Å². The topological polar surface area (TPSA) is 49.4 Å². The molecule has 0 spiro atoms. The first kappa shape index (κ1) is 12.6. The zero-order valence-electron chi connectivity index (χ0n) is 10.8. The third kappa shape index (κ3) is 2.53. The van der Waals surface area contributed by atoms with Gasteiger partial charge in [0.05, 0.1) is 0 Å². The summed E-state index contributed by atoms with van der Waals surface area (Å²) in [7, 11) is 0. The van der Waals surface area contributed by atoms with E-state index in [1.165, 1.54) is 0 Å². The molecule has 0 aliphatic carbocycles. The number of carbonyl (C=O) groups excluding carboxylic acids is 2. The lowest BCUT2D eigenvalue weighted by molar-refractivity contribution is -0.131. The Balaban J connectivity index is 2.26. The molecule has 0 radical (unpaired) electrons. The molecule has 18 heavy (non-hydrogen) atoms. The molecule has 1 fully saturated rings. The summed E-state index contributed by atoms with van der Waals surface area (Å²) in [5, 5.41) is 2.75. The summed E-state index contributed by atoms with van der Waals surface area (Å²) in [4.78, 5) is 25.5. The normalized spacial score (nSPS) is 19.9. The molecule has 1 aromatic rings. The lowest BCUT2D eigenvalue weighted by atomic mass is 10.1. The summed E-state index contributed by atoms with van der Waals surface area (Å²) in [6.07, 6.45) is 1.56. The molecule has 0 aromatic heterocycles. The number of nitrogens with zero attached hydrogens (tertiary/aromatic N) is 1. The van der Waals surface area contributed by atoms with Crippen LogP contribution in [0.1, 0.15) is 25.3 Å². The molecule has 1 N–H and O–H groups in total. The molecule has 0 bridgehead atoms. The number of anilines is 1. The summed E-state index contributed by atoms with van der Waals surface area (Å²) in [6.45, 7) is 4.09. The maximum Gasteiger partial charge on any atom is 0.250 e. The van der Waals surface area contributed by atoms with Gasteiger partial charge in [-0.1, -0.05) is 25.5 Å². The number of carbonyl (C=O) groups is 2. The van der Waals surface area contributed by atoms with E-state index in [1.54, 1.807) is 4.90 Å². The fraction of sp³-hybridized carbons (Fsp3) is 0.429. The van der Waals surface area contributed by atoms with Gasteiger partial charge in [0.2, 0.25) is 11.8 Å². The van der Waals surface area contributed by atoms with Crippen molar-refractivity contribution in [3.05, 3.63) is 29.8 Å². The van der Waals surface area contributed by atoms with Crippen molar-refractivity contribution >= 4 is 17.5 Å². The van der Waals surface area contributed by atoms with Crippen LogP contribution in [0.3, 0.4) is 0 Å². The average molecular weight is 246 g/mol. The van der Waals surface area contributed by atoms with Crippen LogP contribution in [0.25, 0.3) is 0 Å². The van der Waals surface area contributed by atoms with Gasteiger partial charge in [0.1, 0.15) is 12.6 Å². The second-order valence-electron chi connectivity index (χ2n) is 4.67. The molecule has 4 heteroatoms. The number of nitrogens with one attached hydrogen (secondary N) is 1. The summed E-state index contributed by atoms with van der Waals surface area (Å²) >= 11 is 0. The lowest BCUT2D eigenvalue weighted by Gasteiger charge is -2.32. The molecule has 1 saturated heterocycles. The van der Waals surface area contributed by atoms with E-state index in [1.807, 2.05) is 38.1 Å². The first-order valence-corrected chi connectivity index (χ1v) is 6.29. The first-order valence-electron chi connectivity index (χ1n) is 6.29. The van der Waals surface area contributed by atoms with Gasteiger partial charge in [0.25, 0.3) is 0 Å². The standard InChI is InChI=1S/C14H18N2O2/c1-3-5-12-14(18)16(9-13(17)15-12)11-7-4-6-10(2)8-11/h4,6-8,12H,3,5,9H2,1-2H3,(H,15,17). The molecule has 1 aliphatic rings. The molecule has 96 valence electrons. The minimum absolute atomic E-state index is 0.0120. The zero-order chi connectivity index (χ0) is 13.1. The van der Waals surface area contributed by atoms with E-state index in [9.17, 15) is 9.59 Å². The molecule has 0 saturated carbocycles. The minimum Gasteiger partial charge on any atom is -0.343 e. The third-order valence-electron chi connectivity index (χ3n) is 3.09. The van der Waals surface area contributed by atoms with E-state index in [0.29, 0.717) is 6.42 Å². The number of benzene rings is 1. The summed E-state index contributed by atoms with van der Waals surface area (Å²) in [6, 6.07) is 7.30. The van der Waals surface area contributed by atoms with Gasteiger partial charge in [-0.3, -0.25) is 9.59 Å². The highest BCUT2D eigenvalue weighted by Gasteiger charge is 2.32. The SMILES string of the molecule is CCCC1NC(=O)CN(c2cccc(C)c2)C1=O. The number of hydrogen-bond acceptors (Lipinski definition) is 2. The number of amides is 2. The minimum atomic E-state index is -0.378.